The highest BCUT2D eigenvalue weighted by Crippen LogP contribution is 1.95. The number of aliphatic hydroxyl groups excluding tert-OH is 1. The second-order valence-electron chi connectivity index (χ2n) is 1.43. The smallest absolute Gasteiger partial charge is 0.237 e. The lowest BCUT2D eigenvalue weighted by Crippen LogP contribution is -2.02. The Hall–Kier alpha value is -1.28. The van der Waals surface area contributed by atoms with Crippen LogP contribution in [0.2, 0.25) is 0 Å². The van der Waals surface area contributed by atoms with Gasteiger partial charge >= 0.3 is 0 Å². The average Bonchev–Trinajstić information content (AvgIpc) is 1.90. The van der Waals surface area contributed by atoms with Crippen molar-refractivity contribution in [2.24, 2.45) is 9.98 Å². The molecule has 0 aliphatic rings. The first-order valence-electron chi connectivity index (χ1n) is 2.60. The summed E-state index contributed by atoms with van der Waals surface area (Å²) in [6.45, 7) is -0.180. The van der Waals surface area contributed by atoms with E-state index in [-0.39, 0.29) is 13.0 Å². The third-order valence-corrected chi connectivity index (χ3v) is 0.791. The topological polar surface area (TPSA) is 79.1 Å². The molecule has 0 bridgehead atoms. The Bertz CT molecular complexity index is 161. The monoisotopic (exact) mass is 142 g/mol. The van der Waals surface area contributed by atoms with E-state index in [0.717, 1.165) is 0 Å². The Morgan fingerprint density at radius 1 is 1.30 bits per heavy atom. The van der Waals surface area contributed by atoms with Gasteiger partial charge in [0.25, 0.3) is 0 Å². The van der Waals surface area contributed by atoms with Gasteiger partial charge in [0.1, 0.15) is 0 Å². The summed E-state index contributed by atoms with van der Waals surface area (Å²) in [7, 11) is 0. The minimum Gasteiger partial charge on any atom is -0.396 e. The van der Waals surface area contributed by atoms with E-state index in [4.69, 9.17) is 5.11 Å². The van der Waals surface area contributed by atoms with Crippen LogP contribution >= 0.6 is 0 Å². The van der Waals surface area contributed by atoms with Gasteiger partial charge in [0, 0.05) is 13.0 Å². The lowest BCUT2D eigenvalue weighted by Gasteiger charge is -1.96. The fraction of sp³-hybridized carbons (Fsp3) is 0.600. The minimum atomic E-state index is -0.819. The highest BCUT2D eigenvalue weighted by atomic mass is 16.3. The van der Waals surface area contributed by atoms with Crippen molar-refractivity contribution in [3.05, 3.63) is 0 Å². The Kier molecular flexibility index (Phi) is 5.10. The summed E-state index contributed by atoms with van der Waals surface area (Å²) in [6.07, 6.45) is 1.78. The van der Waals surface area contributed by atoms with Crippen molar-refractivity contribution in [3.8, 4) is 0 Å². The van der Waals surface area contributed by atoms with Crippen LogP contribution in [0.3, 0.4) is 0 Å². The minimum absolute atomic E-state index is 0.143. The van der Waals surface area contributed by atoms with Gasteiger partial charge in [-0.05, 0) is 0 Å². The van der Waals surface area contributed by atoms with Crippen LogP contribution in [0, 0.1) is 0 Å². The molecule has 0 saturated carbocycles. The highest BCUT2D eigenvalue weighted by Gasteiger charge is 2.00. The lowest BCUT2D eigenvalue weighted by molar-refractivity contribution is 0.277. The van der Waals surface area contributed by atoms with E-state index in [0.29, 0.717) is 0 Å². The fourth-order valence-corrected chi connectivity index (χ4v) is 0.395. The van der Waals surface area contributed by atoms with E-state index in [1.807, 2.05) is 0 Å². The van der Waals surface area contributed by atoms with Gasteiger partial charge in [0.2, 0.25) is 12.2 Å². The third kappa shape index (κ3) is 3.69. The van der Waals surface area contributed by atoms with Crippen LogP contribution in [0.15, 0.2) is 9.98 Å². The Morgan fingerprint density at radius 3 is 2.10 bits per heavy atom. The van der Waals surface area contributed by atoms with Crippen molar-refractivity contribution >= 4 is 12.2 Å². The summed E-state index contributed by atoms with van der Waals surface area (Å²) >= 11 is 0. The molecule has 0 heterocycles. The molecule has 54 valence electrons. The number of aliphatic imine (C=N–C) groups is 2. The molecule has 5 heteroatoms. The molecule has 0 atom stereocenters. The summed E-state index contributed by atoms with van der Waals surface area (Å²) in [5, 5.41) is 8.31. The van der Waals surface area contributed by atoms with Crippen molar-refractivity contribution in [2.45, 2.75) is 12.6 Å². The van der Waals surface area contributed by atoms with Crippen LogP contribution in [0.1, 0.15) is 6.42 Å². The van der Waals surface area contributed by atoms with Crippen molar-refractivity contribution in [1.29, 1.82) is 0 Å². The molecular formula is C5H6N2O3. The lowest BCUT2D eigenvalue weighted by atomic mass is 10.4. The van der Waals surface area contributed by atoms with E-state index in [2.05, 4.69) is 9.98 Å². The molecule has 10 heavy (non-hydrogen) atoms. The average molecular weight is 142 g/mol. The van der Waals surface area contributed by atoms with Crippen LogP contribution in [0.4, 0.5) is 0 Å². The third-order valence-electron chi connectivity index (χ3n) is 0.791. The van der Waals surface area contributed by atoms with Gasteiger partial charge in [-0.1, -0.05) is 0 Å². The first-order valence-corrected chi connectivity index (χ1v) is 2.60. The van der Waals surface area contributed by atoms with Crippen LogP contribution < -0.4 is 0 Å². The zero-order valence-corrected chi connectivity index (χ0v) is 5.15. The molecule has 0 fully saturated rings. The number of isocyanates is 2. The Balaban J connectivity index is 3.96. The summed E-state index contributed by atoms with van der Waals surface area (Å²) in [5.41, 5.74) is 0. The largest absolute Gasteiger partial charge is 0.396 e. The quantitative estimate of drug-likeness (QED) is 0.419. The molecule has 0 saturated heterocycles. The summed E-state index contributed by atoms with van der Waals surface area (Å²) in [6, 6.07) is 0. The highest BCUT2D eigenvalue weighted by molar-refractivity contribution is 5.36. The van der Waals surface area contributed by atoms with Crippen LogP contribution in [-0.2, 0) is 9.59 Å². The first kappa shape index (κ1) is 8.72. The van der Waals surface area contributed by atoms with Crippen molar-refractivity contribution in [2.75, 3.05) is 6.61 Å². The molecule has 0 radical (unpaired) electrons. The molecular weight excluding hydrogens is 136 g/mol. The van der Waals surface area contributed by atoms with Gasteiger partial charge in [-0.3, -0.25) is 0 Å². The van der Waals surface area contributed by atoms with Gasteiger partial charge in [0.05, 0.1) is 0 Å². The molecule has 0 amide bonds. The second kappa shape index (κ2) is 5.85. The zero-order chi connectivity index (χ0) is 7.82. The maximum Gasteiger partial charge on any atom is 0.237 e. The standard InChI is InChI=1S/C5H6N2O3/c8-2-1-5(6-3-9)7-4-10/h5,8H,1-2H2. The summed E-state index contributed by atoms with van der Waals surface area (Å²) in [5.74, 6) is 0. The molecule has 0 rings (SSSR count). The molecule has 0 aliphatic carbocycles. The number of aliphatic hydroxyl groups is 1. The van der Waals surface area contributed by atoms with E-state index >= 15 is 0 Å². The Labute approximate surface area is 57.1 Å². The van der Waals surface area contributed by atoms with Crippen LogP contribution in [0.25, 0.3) is 0 Å². The number of nitrogens with zero attached hydrogens (tertiary/aromatic N) is 2. The first-order chi connectivity index (χ1) is 4.85. The van der Waals surface area contributed by atoms with Gasteiger partial charge in [0.15, 0.2) is 6.17 Å². The summed E-state index contributed by atoms with van der Waals surface area (Å²) < 4.78 is 0. The predicted octanol–water partition coefficient (Wildman–Crippen LogP) is -0.633. The maximum absolute atomic E-state index is 9.60. The molecule has 0 aromatic carbocycles. The van der Waals surface area contributed by atoms with Gasteiger partial charge in [-0.2, -0.15) is 9.98 Å². The molecule has 1 N–H and O–H groups in total. The molecule has 0 spiro atoms. The summed E-state index contributed by atoms with van der Waals surface area (Å²) in [4.78, 5) is 25.4. The molecule has 0 aromatic rings. The van der Waals surface area contributed by atoms with Gasteiger partial charge in [-0.25, -0.2) is 9.59 Å². The van der Waals surface area contributed by atoms with Gasteiger partial charge < -0.3 is 5.11 Å². The van der Waals surface area contributed by atoms with Crippen LogP contribution in [-0.4, -0.2) is 30.0 Å². The van der Waals surface area contributed by atoms with Crippen molar-refractivity contribution in [3.63, 3.8) is 0 Å². The molecule has 0 aromatic heterocycles. The van der Waals surface area contributed by atoms with Gasteiger partial charge in [-0.15, -0.1) is 0 Å². The van der Waals surface area contributed by atoms with E-state index in [9.17, 15) is 9.59 Å². The zero-order valence-electron chi connectivity index (χ0n) is 5.15. The Morgan fingerprint density at radius 2 is 1.80 bits per heavy atom. The SMILES string of the molecule is O=C=NC(CCO)N=C=O. The number of hydrogen-bond donors (Lipinski definition) is 1. The van der Waals surface area contributed by atoms with E-state index in [1.54, 1.807) is 0 Å². The van der Waals surface area contributed by atoms with E-state index < -0.39 is 6.17 Å². The molecule has 5 nitrogen and oxygen atoms in total. The number of carbonyl (C=O) groups excluding carboxylic acids is 2. The maximum atomic E-state index is 9.60. The molecule has 0 aliphatic heterocycles. The van der Waals surface area contributed by atoms with Crippen molar-refractivity contribution < 1.29 is 14.7 Å². The fourth-order valence-electron chi connectivity index (χ4n) is 0.395. The van der Waals surface area contributed by atoms with E-state index in [1.165, 1.54) is 12.2 Å². The molecule has 0 unspecified atom stereocenters. The predicted molar refractivity (Wildman–Crippen MR) is 31.7 cm³/mol. The van der Waals surface area contributed by atoms with Crippen LogP contribution in [0.5, 0.6) is 0 Å². The number of rotatable bonds is 4. The van der Waals surface area contributed by atoms with Crippen molar-refractivity contribution in [1.82, 2.24) is 0 Å². The second-order valence-corrected chi connectivity index (χ2v) is 1.43. The number of hydrogen-bond acceptors (Lipinski definition) is 5. The normalized spacial score (nSPS) is 10.9.